The second kappa shape index (κ2) is 2.85. The maximum absolute atomic E-state index is 5.74. The lowest BCUT2D eigenvalue weighted by atomic mass is 10.3. The molecule has 5 nitrogen and oxygen atoms in total. The third kappa shape index (κ3) is 1.24. The van der Waals surface area contributed by atoms with Crippen LogP contribution in [0.2, 0.25) is 0 Å². The monoisotopic (exact) mass is 175 g/mol. The zero-order valence-electron chi connectivity index (χ0n) is 7.18. The normalized spacial score (nSPS) is 10.2. The molecule has 5 heteroatoms. The van der Waals surface area contributed by atoms with E-state index in [0.29, 0.717) is 17.2 Å². The average molecular weight is 175 g/mol. The smallest absolute Gasteiger partial charge is 0.184 e. The van der Waals surface area contributed by atoms with E-state index in [2.05, 4.69) is 15.2 Å². The van der Waals surface area contributed by atoms with Gasteiger partial charge in [-0.1, -0.05) is 0 Å². The van der Waals surface area contributed by atoms with E-state index in [9.17, 15) is 0 Å². The second-order valence-corrected chi connectivity index (χ2v) is 2.71. The molecule has 0 unspecified atom stereocenters. The van der Waals surface area contributed by atoms with Crippen LogP contribution in [-0.2, 0) is 7.05 Å². The predicted molar refractivity (Wildman–Crippen MR) is 48.6 cm³/mol. The first kappa shape index (κ1) is 7.72. The van der Waals surface area contributed by atoms with E-state index in [4.69, 9.17) is 5.73 Å². The van der Waals surface area contributed by atoms with E-state index in [-0.39, 0.29) is 0 Å². The van der Waals surface area contributed by atoms with Crippen molar-refractivity contribution in [3.05, 3.63) is 24.7 Å². The van der Waals surface area contributed by atoms with E-state index < -0.39 is 0 Å². The van der Waals surface area contributed by atoms with Crippen LogP contribution in [0, 0.1) is 0 Å². The van der Waals surface area contributed by atoms with Gasteiger partial charge < -0.3 is 10.3 Å². The number of anilines is 1. The van der Waals surface area contributed by atoms with E-state index >= 15 is 0 Å². The highest BCUT2D eigenvalue weighted by molar-refractivity contribution is 5.66. The zero-order valence-corrected chi connectivity index (χ0v) is 7.18. The molecule has 66 valence electrons. The predicted octanol–water partition coefficient (Wildman–Crippen LogP) is 0.459. The summed E-state index contributed by atoms with van der Waals surface area (Å²) >= 11 is 0. The molecule has 2 heterocycles. The molecule has 0 bridgehead atoms. The lowest BCUT2D eigenvalue weighted by Crippen LogP contribution is -1.98. The summed E-state index contributed by atoms with van der Waals surface area (Å²) in [5, 5.41) is 7.67. The molecule has 0 aliphatic carbocycles. The van der Waals surface area contributed by atoms with Crippen LogP contribution in [0.5, 0.6) is 0 Å². The van der Waals surface area contributed by atoms with Crippen molar-refractivity contribution in [2.45, 2.75) is 0 Å². The Labute approximate surface area is 75.2 Å². The van der Waals surface area contributed by atoms with Crippen molar-refractivity contribution in [2.75, 3.05) is 5.73 Å². The van der Waals surface area contributed by atoms with Crippen molar-refractivity contribution in [1.29, 1.82) is 0 Å². The van der Waals surface area contributed by atoms with Gasteiger partial charge in [0.2, 0.25) is 0 Å². The van der Waals surface area contributed by atoms with Crippen LogP contribution >= 0.6 is 0 Å². The minimum Gasteiger partial charge on any atom is -0.397 e. The first-order chi connectivity index (χ1) is 6.29. The highest BCUT2D eigenvalue weighted by atomic mass is 15.3. The van der Waals surface area contributed by atoms with Crippen molar-refractivity contribution in [2.24, 2.45) is 7.05 Å². The van der Waals surface area contributed by atoms with Crippen LogP contribution in [0.15, 0.2) is 24.7 Å². The molecule has 0 saturated carbocycles. The van der Waals surface area contributed by atoms with E-state index in [1.54, 1.807) is 29.2 Å². The number of nitrogens with zero attached hydrogens (tertiary/aromatic N) is 4. The van der Waals surface area contributed by atoms with Crippen molar-refractivity contribution in [3.8, 4) is 11.5 Å². The average Bonchev–Trinajstić information content (AvgIpc) is 2.52. The highest BCUT2D eigenvalue weighted by Crippen LogP contribution is 2.18. The van der Waals surface area contributed by atoms with Gasteiger partial charge in [-0.25, -0.2) is 0 Å². The molecule has 2 aromatic rings. The number of nitrogens with two attached hydrogens (primary N) is 1. The van der Waals surface area contributed by atoms with E-state index in [1.165, 1.54) is 0 Å². The number of nitrogen functional groups attached to an aromatic ring is 1. The lowest BCUT2D eigenvalue weighted by Gasteiger charge is -2.01. The lowest BCUT2D eigenvalue weighted by molar-refractivity contribution is 0.914. The number of pyridine rings is 1. The zero-order chi connectivity index (χ0) is 9.26. The Balaban J connectivity index is 2.59. The Morgan fingerprint density at radius 1 is 1.46 bits per heavy atom. The van der Waals surface area contributed by atoms with Crippen LogP contribution in [0.25, 0.3) is 11.5 Å². The van der Waals surface area contributed by atoms with Crippen molar-refractivity contribution < 1.29 is 0 Å². The third-order valence-corrected chi connectivity index (χ3v) is 1.76. The van der Waals surface area contributed by atoms with Crippen molar-refractivity contribution in [3.63, 3.8) is 0 Å². The molecule has 0 aromatic carbocycles. The van der Waals surface area contributed by atoms with Gasteiger partial charge in [-0.2, -0.15) is 0 Å². The molecule has 0 spiro atoms. The highest BCUT2D eigenvalue weighted by Gasteiger charge is 2.08. The Hall–Kier alpha value is -1.91. The van der Waals surface area contributed by atoms with Crippen molar-refractivity contribution in [1.82, 2.24) is 19.7 Å². The Bertz CT molecular complexity index is 420. The van der Waals surface area contributed by atoms with Gasteiger partial charge in [0.15, 0.2) is 5.82 Å². The van der Waals surface area contributed by atoms with Crippen molar-refractivity contribution >= 4 is 5.69 Å². The summed E-state index contributed by atoms with van der Waals surface area (Å²) in [6.07, 6.45) is 3.30. The molecular weight excluding hydrogens is 166 g/mol. The van der Waals surface area contributed by atoms with Gasteiger partial charge >= 0.3 is 0 Å². The summed E-state index contributed by atoms with van der Waals surface area (Å²) in [4.78, 5) is 4.13. The minimum absolute atomic E-state index is 0.610. The number of aryl methyl sites for hydroxylation is 1. The Morgan fingerprint density at radius 2 is 2.31 bits per heavy atom. The Kier molecular flexibility index (Phi) is 1.70. The topological polar surface area (TPSA) is 69.6 Å². The SMILES string of the molecule is Cn1cnnc1-c1ncccc1N. The quantitative estimate of drug-likeness (QED) is 0.683. The van der Waals surface area contributed by atoms with Crippen LogP contribution in [0.1, 0.15) is 0 Å². The molecule has 0 aliphatic heterocycles. The number of rotatable bonds is 1. The number of hydrogen-bond donors (Lipinski definition) is 1. The second-order valence-electron chi connectivity index (χ2n) is 2.71. The molecule has 0 fully saturated rings. The van der Waals surface area contributed by atoms with E-state index in [0.717, 1.165) is 0 Å². The summed E-state index contributed by atoms with van der Waals surface area (Å²) in [5.41, 5.74) is 7.02. The minimum atomic E-state index is 0.610. The fourth-order valence-corrected chi connectivity index (χ4v) is 1.10. The van der Waals surface area contributed by atoms with Gasteiger partial charge in [-0.3, -0.25) is 4.98 Å². The maximum atomic E-state index is 5.74. The molecule has 0 amide bonds. The van der Waals surface area contributed by atoms with Crippen LogP contribution < -0.4 is 5.73 Å². The molecule has 0 aliphatic rings. The fourth-order valence-electron chi connectivity index (χ4n) is 1.10. The summed E-state index contributed by atoms with van der Waals surface area (Å²) in [6, 6.07) is 3.58. The number of aromatic nitrogens is 4. The summed E-state index contributed by atoms with van der Waals surface area (Å²) < 4.78 is 1.78. The molecule has 13 heavy (non-hydrogen) atoms. The Morgan fingerprint density at radius 3 is 2.92 bits per heavy atom. The summed E-state index contributed by atoms with van der Waals surface area (Å²) in [7, 11) is 1.85. The summed E-state index contributed by atoms with van der Waals surface area (Å²) in [6.45, 7) is 0. The largest absolute Gasteiger partial charge is 0.397 e. The van der Waals surface area contributed by atoms with Gasteiger partial charge in [0.1, 0.15) is 12.0 Å². The summed E-state index contributed by atoms with van der Waals surface area (Å²) in [5.74, 6) is 0.679. The maximum Gasteiger partial charge on any atom is 0.184 e. The van der Waals surface area contributed by atoms with Crippen LogP contribution in [0.4, 0.5) is 5.69 Å². The van der Waals surface area contributed by atoms with Gasteiger partial charge in [-0.05, 0) is 12.1 Å². The number of hydrogen-bond acceptors (Lipinski definition) is 4. The third-order valence-electron chi connectivity index (χ3n) is 1.76. The van der Waals surface area contributed by atoms with Crippen LogP contribution in [-0.4, -0.2) is 19.7 Å². The molecule has 2 N–H and O–H groups in total. The van der Waals surface area contributed by atoms with Gasteiger partial charge in [-0.15, -0.1) is 10.2 Å². The molecule has 0 radical (unpaired) electrons. The standard InChI is InChI=1S/C8H9N5/c1-13-5-11-12-8(13)7-6(9)3-2-4-10-7/h2-5H,9H2,1H3. The molecule has 2 aromatic heterocycles. The van der Waals surface area contributed by atoms with Crippen LogP contribution in [0.3, 0.4) is 0 Å². The van der Waals surface area contributed by atoms with Gasteiger partial charge in [0.25, 0.3) is 0 Å². The van der Waals surface area contributed by atoms with Gasteiger partial charge in [0, 0.05) is 13.2 Å². The molecule has 0 saturated heterocycles. The van der Waals surface area contributed by atoms with E-state index in [1.807, 2.05) is 7.05 Å². The molecule has 0 atom stereocenters. The fraction of sp³-hybridized carbons (Fsp3) is 0.125. The first-order valence-corrected chi connectivity index (χ1v) is 3.84. The first-order valence-electron chi connectivity index (χ1n) is 3.84. The van der Waals surface area contributed by atoms with Gasteiger partial charge in [0.05, 0.1) is 5.69 Å². The molecular formula is C8H9N5. The molecule has 2 rings (SSSR count).